The topological polar surface area (TPSA) is 115 Å². The van der Waals surface area contributed by atoms with Gasteiger partial charge < -0.3 is 20.5 Å². The molecule has 0 spiro atoms. The van der Waals surface area contributed by atoms with Crippen molar-refractivity contribution in [2.24, 2.45) is 5.73 Å². The van der Waals surface area contributed by atoms with Crippen molar-refractivity contribution in [1.29, 1.82) is 5.41 Å². The number of esters is 2. The van der Waals surface area contributed by atoms with Gasteiger partial charge in [0, 0.05) is 11.3 Å². The Hall–Kier alpha value is -4.34. The summed E-state index contributed by atoms with van der Waals surface area (Å²) in [6, 6.07) is 19.9. The van der Waals surface area contributed by atoms with Crippen LogP contribution in [0.5, 0.6) is 5.75 Å². The van der Waals surface area contributed by atoms with Crippen LogP contribution in [0.25, 0.3) is 0 Å². The number of rotatable bonds is 8. The minimum atomic E-state index is -5.33. The van der Waals surface area contributed by atoms with Gasteiger partial charge in [0.2, 0.25) is 0 Å². The molecule has 0 bridgehead atoms. The molecule has 0 saturated heterocycles. The third-order valence-corrected chi connectivity index (χ3v) is 4.61. The number of halogens is 3. The van der Waals surface area contributed by atoms with Crippen molar-refractivity contribution in [3.05, 3.63) is 95.6 Å². The number of ether oxygens (including phenoxy) is 2. The number of nitrogens with one attached hydrogen (secondary N) is 2. The van der Waals surface area contributed by atoms with Gasteiger partial charge in [0.1, 0.15) is 18.2 Å². The molecule has 7 nitrogen and oxygen atoms in total. The van der Waals surface area contributed by atoms with E-state index in [4.69, 9.17) is 15.9 Å². The normalized spacial score (nSPS) is 11.9. The first-order chi connectivity index (χ1) is 16.1. The number of amidine groups is 1. The van der Waals surface area contributed by atoms with Gasteiger partial charge in [-0.05, 0) is 47.5 Å². The average Bonchev–Trinajstić information content (AvgIpc) is 2.81. The molecular weight excluding hydrogens is 451 g/mol. The molecule has 176 valence electrons. The molecule has 0 saturated carbocycles. The highest BCUT2D eigenvalue weighted by Crippen LogP contribution is 2.27. The fraction of sp³-hybridized carbons (Fsp3) is 0.125. The molecule has 1 unspecified atom stereocenters. The summed E-state index contributed by atoms with van der Waals surface area (Å²) in [6.45, 7) is 0.228. The summed E-state index contributed by atoms with van der Waals surface area (Å²) in [7, 11) is 0. The molecule has 10 heteroatoms. The van der Waals surface area contributed by atoms with E-state index in [1.54, 1.807) is 12.1 Å². The summed E-state index contributed by atoms with van der Waals surface area (Å²) in [5.74, 6) is -3.89. The predicted molar refractivity (Wildman–Crippen MR) is 118 cm³/mol. The molecule has 0 fully saturated rings. The van der Waals surface area contributed by atoms with Crippen molar-refractivity contribution < 1.29 is 32.2 Å². The van der Waals surface area contributed by atoms with E-state index in [-0.39, 0.29) is 18.0 Å². The Kier molecular flexibility index (Phi) is 7.52. The number of hydrogen-bond donors (Lipinski definition) is 3. The van der Waals surface area contributed by atoms with Crippen LogP contribution >= 0.6 is 0 Å². The van der Waals surface area contributed by atoms with Crippen LogP contribution in [-0.2, 0) is 20.9 Å². The molecule has 3 aromatic carbocycles. The van der Waals surface area contributed by atoms with Gasteiger partial charge in [-0.2, -0.15) is 13.2 Å². The number of anilines is 1. The first-order valence-corrected chi connectivity index (χ1v) is 9.94. The van der Waals surface area contributed by atoms with E-state index in [0.29, 0.717) is 17.0 Å². The fourth-order valence-corrected chi connectivity index (χ4v) is 2.92. The quantitative estimate of drug-likeness (QED) is 0.195. The van der Waals surface area contributed by atoms with Crippen molar-refractivity contribution in [2.45, 2.75) is 18.8 Å². The monoisotopic (exact) mass is 471 g/mol. The molecule has 0 aliphatic rings. The van der Waals surface area contributed by atoms with Gasteiger partial charge in [-0.3, -0.25) is 5.41 Å². The van der Waals surface area contributed by atoms with Gasteiger partial charge in [0.15, 0.2) is 6.04 Å². The minimum absolute atomic E-state index is 0.179. The summed E-state index contributed by atoms with van der Waals surface area (Å²) in [4.78, 5) is 23.8. The standard InChI is InChI=1S/C24H20F3N3O4/c25-24(26,27)23(32)34-22(31)20(30-18-11-9-16(10-12-18)21(28)29)17-7-4-8-19(13-17)33-14-15-5-2-1-3-6-15/h1-13,20,30H,14H2,(H3,28,29). The Bertz CT molecular complexity index is 1170. The van der Waals surface area contributed by atoms with Gasteiger partial charge in [0.25, 0.3) is 0 Å². The van der Waals surface area contributed by atoms with Crippen LogP contribution in [0, 0.1) is 5.41 Å². The lowest BCUT2D eigenvalue weighted by atomic mass is 10.1. The summed E-state index contributed by atoms with van der Waals surface area (Å²) in [5, 5.41) is 10.2. The predicted octanol–water partition coefficient (Wildman–Crippen LogP) is 4.33. The molecule has 0 heterocycles. The number of carbonyl (C=O) groups is 2. The largest absolute Gasteiger partial charge is 0.491 e. The van der Waals surface area contributed by atoms with Crippen molar-refractivity contribution in [3.8, 4) is 5.75 Å². The lowest BCUT2D eigenvalue weighted by Crippen LogP contribution is -2.32. The lowest BCUT2D eigenvalue weighted by molar-refractivity contribution is -0.202. The van der Waals surface area contributed by atoms with E-state index in [2.05, 4.69) is 10.1 Å². The van der Waals surface area contributed by atoms with Crippen molar-refractivity contribution in [1.82, 2.24) is 0 Å². The number of benzene rings is 3. The zero-order valence-electron chi connectivity index (χ0n) is 17.6. The summed E-state index contributed by atoms with van der Waals surface area (Å²) < 4.78 is 47.7. The van der Waals surface area contributed by atoms with E-state index < -0.39 is 24.2 Å². The molecule has 4 N–H and O–H groups in total. The molecule has 34 heavy (non-hydrogen) atoms. The highest BCUT2D eigenvalue weighted by molar-refractivity contribution is 5.95. The van der Waals surface area contributed by atoms with Crippen LogP contribution in [-0.4, -0.2) is 24.0 Å². The molecule has 0 aliphatic heterocycles. The van der Waals surface area contributed by atoms with Crippen molar-refractivity contribution in [2.75, 3.05) is 5.32 Å². The fourth-order valence-electron chi connectivity index (χ4n) is 2.92. The minimum Gasteiger partial charge on any atom is -0.489 e. The first-order valence-electron chi connectivity index (χ1n) is 9.94. The molecule has 3 rings (SSSR count). The Balaban J connectivity index is 1.85. The molecule has 1 atom stereocenters. The summed E-state index contributed by atoms with van der Waals surface area (Å²) in [5.41, 5.74) is 7.25. The van der Waals surface area contributed by atoms with Crippen LogP contribution in [0.1, 0.15) is 22.7 Å². The average molecular weight is 471 g/mol. The van der Waals surface area contributed by atoms with E-state index in [9.17, 15) is 22.8 Å². The second-order valence-electron chi connectivity index (χ2n) is 7.12. The summed E-state index contributed by atoms with van der Waals surface area (Å²) >= 11 is 0. The Morgan fingerprint density at radius 1 is 0.971 bits per heavy atom. The number of nitrogen functional groups attached to an aromatic ring is 1. The van der Waals surface area contributed by atoms with Gasteiger partial charge in [0.05, 0.1) is 0 Å². The van der Waals surface area contributed by atoms with E-state index in [1.807, 2.05) is 30.3 Å². The maximum Gasteiger partial charge on any atom is 0.491 e. The van der Waals surface area contributed by atoms with Gasteiger partial charge in [-0.25, -0.2) is 9.59 Å². The zero-order chi connectivity index (χ0) is 24.7. The molecular formula is C24H20F3N3O4. The molecule has 3 aromatic rings. The first kappa shape index (κ1) is 24.3. The Morgan fingerprint density at radius 2 is 1.65 bits per heavy atom. The van der Waals surface area contributed by atoms with Crippen LogP contribution in [0.4, 0.5) is 18.9 Å². The molecule has 0 radical (unpaired) electrons. The maximum atomic E-state index is 12.6. The number of carbonyl (C=O) groups excluding carboxylic acids is 2. The highest BCUT2D eigenvalue weighted by Gasteiger charge is 2.43. The number of nitrogens with two attached hydrogens (primary N) is 1. The van der Waals surface area contributed by atoms with Crippen molar-refractivity contribution in [3.63, 3.8) is 0 Å². The van der Waals surface area contributed by atoms with E-state index in [0.717, 1.165) is 5.56 Å². The Labute approximate surface area is 192 Å². The maximum absolute atomic E-state index is 12.6. The third-order valence-electron chi connectivity index (χ3n) is 4.61. The highest BCUT2D eigenvalue weighted by atomic mass is 19.4. The third kappa shape index (κ3) is 6.58. The van der Waals surface area contributed by atoms with E-state index >= 15 is 0 Å². The van der Waals surface area contributed by atoms with Crippen LogP contribution in [0.3, 0.4) is 0 Å². The zero-order valence-corrected chi connectivity index (χ0v) is 17.6. The molecule has 0 amide bonds. The van der Waals surface area contributed by atoms with Crippen LogP contribution < -0.4 is 15.8 Å². The Morgan fingerprint density at radius 3 is 2.26 bits per heavy atom. The SMILES string of the molecule is N=C(N)c1ccc(NC(C(=O)OC(=O)C(F)(F)F)c2cccc(OCc3ccccc3)c2)cc1. The van der Waals surface area contributed by atoms with Gasteiger partial charge in [-0.1, -0.05) is 42.5 Å². The summed E-state index contributed by atoms with van der Waals surface area (Å²) in [6.07, 6.45) is -5.33. The van der Waals surface area contributed by atoms with Gasteiger partial charge >= 0.3 is 18.1 Å². The second-order valence-corrected chi connectivity index (χ2v) is 7.12. The molecule has 0 aromatic heterocycles. The van der Waals surface area contributed by atoms with Crippen LogP contribution in [0.2, 0.25) is 0 Å². The van der Waals surface area contributed by atoms with Crippen LogP contribution in [0.15, 0.2) is 78.9 Å². The van der Waals surface area contributed by atoms with Crippen molar-refractivity contribution >= 4 is 23.5 Å². The number of hydrogen-bond acceptors (Lipinski definition) is 6. The molecule has 0 aliphatic carbocycles. The number of alkyl halides is 3. The van der Waals surface area contributed by atoms with E-state index in [1.165, 1.54) is 36.4 Å². The smallest absolute Gasteiger partial charge is 0.489 e. The van der Waals surface area contributed by atoms with Gasteiger partial charge in [-0.15, -0.1) is 0 Å². The lowest BCUT2D eigenvalue weighted by Gasteiger charge is -2.20. The second kappa shape index (κ2) is 10.5.